The fraction of sp³-hybridized carbons (Fsp3) is 0.575. The van der Waals surface area contributed by atoms with Gasteiger partial charge in [0.05, 0.1) is 41.5 Å². The molecule has 6 rings (SSSR count). The molecule has 1 saturated carbocycles. The second-order valence-electron chi connectivity index (χ2n) is 16.0. The van der Waals surface area contributed by atoms with Gasteiger partial charge in [0, 0.05) is 57.0 Å². The van der Waals surface area contributed by atoms with E-state index in [0.717, 1.165) is 55.9 Å². The van der Waals surface area contributed by atoms with E-state index in [1.54, 1.807) is 38.2 Å². The number of nitrogens with zero attached hydrogens (tertiary/aromatic N) is 6. The van der Waals surface area contributed by atoms with Crippen LogP contribution in [0.2, 0.25) is 0 Å². The number of carbonyl (C=O) groups is 4. The highest BCUT2D eigenvalue weighted by Gasteiger charge is 2.52. The van der Waals surface area contributed by atoms with Gasteiger partial charge in [-0.25, -0.2) is 4.98 Å². The number of hydrogen-bond acceptors (Lipinski definition) is 10. The summed E-state index contributed by atoms with van der Waals surface area (Å²) in [7, 11) is 0. The average Bonchev–Trinajstić information content (AvgIpc) is 3.33. The lowest BCUT2D eigenvalue weighted by atomic mass is 9.89. The molecule has 3 atom stereocenters. The molecule has 13 nitrogen and oxygen atoms in total. The lowest BCUT2D eigenvalue weighted by molar-refractivity contribution is -0.138. The third-order valence-corrected chi connectivity index (χ3v) is 12.0. The van der Waals surface area contributed by atoms with Crippen molar-refractivity contribution in [1.29, 1.82) is 5.26 Å². The molecule has 4 heterocycles. The normalized spacial score (nSPS) is 25.6. The molecule has 0 spiro atoms. The van der Waals surface area contributed by atoms with Gasteiger partial charge in [-0.2, -0.15) is 18.4 Å². The smallest absolute Gasteiger partial charge is 0.378 e. The average molecular weight is 847 g/mol. The predicted octanol–water partition coefficient (Wildman–Crippen LogP) is 5.38. The van der Waals surface area contributed by atoms with Crippen LogP contribution in [-0.2, 0) is 30.1 Å². The first-order valence-electron chi connectivity index (χ1n) is 19.5. The van der Waals surface area contributed by atoms with E-state index in [4.69, 9.17) is 17.0 Å². The van der Waals surface area contributed by atoms with Gasteiger partial charge >= 0.3 is 6.18 Å². The van der Waals surface area contributed by atoms with Gasteiger partial charge in [-0.1, -0.05) is 6.07 Å². The van der Waals surface area contributed by atoms with Crippen LogP contribution in [0.1, 0.15) is 95.2 Å². The maximum Gasteiger partial charge on any atom is 0.417 e. The molecule has 58 heavy (non-hydrogen) atoms. The lowest BCUT2D eigenvalue weighted by Crippen LogP contribution is -2.58. The Labute approximate surface area is 348 Å². The van der Waals surface area contributed by atoms with Crippen LogP contribution >= 0.6 is 24.6 Å². The quantitative estimate of drug-likeness (QED) is 0.171. The summed E-state index contributed by atoms with van der Waals surface area (Å²) in [5.41, 5.74) is -1.99. The minimum Gasteiger partial charge on any atom is -0.378 e. The number of nitrogens with one attached hydrogen (secondary N) is 2. The topological polar surface area (TPSA) is 151 Å². The number of carbonyl (C=O) groups excluding carboxylic acids is 4. The summed E-state index contributed by atoms with van der Waals surface area (Å²) in [4.78, 5) is 62.2. The first-order chi connectivity index (χ1) is 27.0. The number of anilines is 2. The van der Waals surface area contributed by atoms with Gasteiger partial charge in [0.15, 0.2) is 5.11 Å². The number of piperazine rings is 1. The Hall–Kier alpha value is -4.21. The molecular formula is C40H50ClF3N8O5S. The van der Waals surface area contributed by atoms with E-state index < -0.39 is 34.7 Å². The molecule has 1 aromatic carbocycles. The lowest BCUT2D eigenvalue weighted by Gasteiger charge is -2.44. The third-order valence-electron chi connectivity index (χ3n) is 11.6. The number of halogens is 4. The van der Waals surface area contributed by atoms with Crippen LogP contribution in [0.15, 0.2) is 36.5 Å². The second-order valence-corrected chi connectivity index (χ2v) is 16.4. The Morgan fingerprint density at radius 3 is 2.36 bits per heavy atom. The highest BCUT2D eigenvalue weighted by atomic mass is 35.5. The molecule has 2 aromatic rings. The number of alkyl halides is 3. The summed E-state index contributed by atoms with van der Waals surface area (Å²) in [6.45, 7) is 11.0. The summed E-state index contributed by atoms with van der Waals surface area (Å²) in [6.07, 6.45) is 1.37. The Morgan fingerprint density at radius 1 is 1.07 bits per heavy atom. The van der Waals surface area contributed by atoms with Crippen LogP contribution < -0.4 is 15.5 Å². The monoisotopic (exact) mass is 846 g/mol. The number of thiocarbonyl (C=S) groups is 1. The van der Waals surface area contributed by atoms with Crippen molar-refractivity contribution in [3.05, 3.63) is 53.2 Å². The molecule has 0 radical (unpaired) electrons. The van der Waals surface area contributed by atoms with Gasteiger partial charge in [-0.15, -0.1) is 12.4 Å². The predicted molar refractivity (Wildman–Crippen MR) is 216 cm³/mol. The molecule has 314 valence electrons. The van der Waals surface area contributed by atoms with E-state index in [1.807, 2.05) is 4.90 Å². The molecule has 1 aliphatic carbocycles. The minimum atomic E-state index is -4.76. The van der Waals surface area contributed by atoms with Gasteiger partial charge in [-0.3, -0.25) is 34.3 Å². The first-order valence-corrected chi connectivity index (χ1v) is 19.9. The Bertz CT molecular complexity index is 1910. The minimum absolute atomic E-state index is 0. The van der Waals surface area contributed by atoms with Crippen molar-refractivity contribution in [2.75, 3.05) is 43.0 Å². The molecule has 3 aliphatic heterocycles. The number of nitriles is 1. The van der Waals surface area contributed by atoms with Crippen LogP contribution in [0.25, 0.3) is 0 Å². The highest BCUT2D eigenvalue weighted by molar-refractivity contribution is 7.80. The summed E-state index contributed by atoms with van der Waals surface area (Å²) >= 11 is 5.73. The van der Waals surface area contributed by atoms with Crippen LogP contribution in [0.4, 0.5) is 24.7 Å². The van der Waals surface area contributed by atoms with Crippen molar-refractivity contribution < 1.29 is 37.1 Å². The molecule has 4 amide bonds. The molecule has 1 aromatic heterocycles. The van der Waals surface area contributed by atoms with Crippen molar-refractivity contribution >= 4 is 64.9 Å². The Kier molecular flexibility index (Phi) is 14.2. The maximum absolute atomic E-state index is 13.7. The number of aromatic nitrogens is 1. The van der Waals surface area contributed by atoms with Crippen molar-refractivity contribution in [2.45, 2.75) is 115 Å². The number of benzene rings is 1. The van der Waals surface area contributed by atoms with E-state index in [1.165, 1.54) is 6.07 Å². The van der Waals surface area contributed by atoms with Crippen molar-refractivity contribution in [2.24, 2.45) is 0 Å². The number of amides is 4. The van der Waals surface area contributed by atoms with E-state index in [9.17, 15) is 37.6 Å². The van der Waals surface area contributed by atoms with Gasteiger partial charge in [0.1, 0.15) is 11.4 Å². The summed E-state index contributed by atoms with van der Waals surface area (Å²) in [5, 5.41) is 14.6. The number of pyridine rings is 1. The van der Waals surface area contributed by atoms with Gasteiger partial charge in [0.25, 0.3) is 5.91 Å². The molecule has 1 unspecified atom stereocenters. The number of imide groups is 1. The van der Waals surface area contributed by atoms with Crippen molar-refractivity contribution in [3.8, 4) is 6.07 Å². The molecular weight excluding hydrogens is 797 g/mol. The highest BCUT2D eigenvalue weighted by Crippen LogP contribution is 2.41. The van der Waals surface area contributed by atoms with Gasteiger partial charge in [-0.05, 0) is 108 Å². The first kappa shape index (κ1) is 44.9. The fourth-order valence-electron chi connectivity index (χ4n) is 8.67. The van der Waals surface area contributed by atoms with Crippen molar-refractivity contribution in [3.63, 3.8) is 0 Å². The van der Waals surface area contributed by atoms with Crippen LogP contribution in [0.5, 0.6) is 0 Å². The molecule has 18 heteroatoms. The Morgan fingerprint density at radius 2 is 1.76 bits per heavy atom. The van der Waals surface area contributed by atoms with E-state index in [0.29, 0.717) is 37.3 Å². The van der Waals surface area contributed by atoms with Gasteiger partial charge < -0.3 is 19.9 Å². The number of rotatable bonds is 11. The third kappa shape index (κ3) is 9.79. The number of piperidine rings is 1. The number of hydrogen-bond donors (Lipinski definition) is 2. The van der Waals surface area contributed by atoms with Gasteiger partial charge in [0.2, 0.25) is 17.7 Å². The molecule has 2 N–H and O–H groups in total. The maximum atomic E-state index is 13.7. The molecule has 0 bridgehead atoms. The standard InChI is InChI=1S/C40H49F3N8O5S.ClH/c1-24-21-48(22-25(2)49(24)23-35(53)46-33-14-7-27(20-45-33)31-13-15-34(52)47-36(31)54)16-5-17-56-30-11-9-28(10-12-30)51-38(57)50(37(55)39(51,3)4)29-8-6-26(19-44)32(18-29)40(41,42)43;/h6-8,14,18,20,24-25,28,30-31H,5,9-13,15-17,21-23H2,1-4H3,(H,45,46,53)(H,47,52,54);1H/t24-,25+,28?,30?,31?;. The SMILES string of the molecule is C[C@@H]1CN(CCCOC2CCC(N3C(=S)N(c4ccc(C#N)c(C(F)(F)F)c4)C(=O)C3(C)C)CC2)C[C@H](C)N1CC(=O)Nc1ccc(C2CCC(=O)NC2=O)cn1.Cl. The second kappa shape index (κ2) is 18.4. The Balaban J connectivity index is 0.00000641. The molecule has 4 fully saturated rings. The van der Waals surface area contributed by atoms with Crippen molar-refractivity contribution in [1.82, 2.24) is 25.0 Å². The van der Waals surface area contributed by atoms with Crippen LogP contribution in [0, 0.1) is 11.3 Å². The molecule has 4 aliphatic rings. The van der Waals surface area contributed by atoms with Crippen LogP contribution in [-0.4, -0.2) is 111 Å². The van der Waals surface area contributed by atoms with E-state index in [-0.39, 0.29) is 78.1 Å². The molecule has 3 saturated heterocycles. The zero-order chi connectivity index (χ0) is 41.2. The zero-order valence-corrected chi connectivity index (χ0v) is 34.6. The number of ether oxygens (including phenoxy) is 1. The summed E-state index contributed by atoms with van der Waals surface area (Å²) in [6, 6.07) is 8.44. The fourth-order valence-corrected chi connectivity index (χ4v) is 9.23. The zero-order valence-electron chi connectivity index (χ0n) is 33.0. The van der Waals surface area contributed by atoms with Crippen LogP contribution in [0.3, 0.4) is 0 Å². The van der Waals surface area contributed by atoms with E-state index in [2.05, 4.69) is 39.3 Å². The summed E-state index contributed by atoms with van der Waals surface area (Å²) in [5.74, 6) is -1.22. The largest absolute Gasteiger partial charge is 0.417 e. The summed E-state index contributed by atoms with van der Waals surface area (Å²) < 4.78 is 47.4. The van der Waals surface area contributed by atoms with E-state index >= 15 is 0 Å².